The summed E-state index contributed by atoms with van der Waals surface area (Å²) in [7, 11) is 0. The van der Waals surface area contributed by atoms with Crippen LogP contribution in [0.15, 0.2) is 18.2 Å². The fraction of sp³-hybridized carbons (Fsp3) is 0.500. The first-order chi connectivity index (χ1) is 12.0. The molecule has 1 aliphatic rings. The van der Waals surface area contributed by atoms with E-state index >= 15 is 0 Å². The molecule has 0 atom stereocenters. The second-order valence-electron chi connectivity index (χ2n) is 7.12. The van der Waals surface area contributed by atoms with Crippen LogP contribution in [0.1, 0.15) is 34.6 Å². The smallest absolute Gasteiger partial charge is 0.412 e. The third kappa shape index (κ3) is 5.37. The molecule has 1 N–H and O–H groups in total. The van der Waals surface area contributed by atoms with Gasteiger partial charge in [-0.2, -0.15) is 0 Å². The molecule has 0 unspecified atom stereocenters. The Kier molecular flexibility index (Phi) is 5.74. The molecule has 142 valence electrons. The number of nitrogens with one attached hydrogen (secondary N) is 1. The number of hydrogen-bond donors (Lipinski definition) is 1. The van der Waals surface area contributed by atoms with Gasteiger partial charge in [0.2, 0.25) is 0 Å². The number of amides is 2. The number of fused-ring (bicyclic) bond motifs is 1. The largest absolute Gasteiger partial charge is 0.482 e. The summed E-state index contributed by atoms with van der Waals surface area (Å²) in [5, 5.41) is 2.60. The van der Waals surface area contributed by atoms with Crippen molar-refractivity contribution in [1.29, 1.82) is 0 Å². The van der Waals surface area contributed by atoms with Crippen molar-refractivity contribution >= 4 is 29.3 Å². The fourth-order valence-electron chi connectivity index (χ4n) is 2.30. The predicted octanol–water partition coefficient (Wildman–Crippen LogP) is 2.71. The molecule has 26 heavy (non-hydrogen) atoms. The minimum atomic E-state index is -0.635. The Morgan fingerprint density at radius 3 is 2.62 bits per heavy atom. The van der Waals surface area contributed by atoms with Crippen LogP contribution in [-0.4, -0.2) is 42.8 Å². The Morgan fingerprint density at radius 2 is 2.00 bits per heavy atom. The van der Waals surface area contributed by atoms with Crippen LogP contribution in [-0.2, 0) is 19.1 Å². The molecule has 2 amide bonds. The normalized spacial score (nSPS) is 13.8. The van der Waals surface area contributed by atoms with Crippen molar-refractivity contribution in [2.45, 2.75) is 46.3 Å². The zero-order valence-corrected chi connectivity index (χ0v) is 15.6. The molecule has 0 spiro atoms. The number of hydrogen-bond acceptors (Lipinski definition) is 6. The Bertz CT molecular complexity index is 708. The van der Waals surface area contributed by atoms with E-state index in [0.29, 0.717) is 17.1 Å². The lowest BCUT2D eigenvalue weighted by Gasteiger charge is -2.29. The molecule has 0 saturated carbocycles. The number of carbonyl (C=O) groups excluding carboxylic acids is 3. The molecule has 0 fully saturated rings. The third-order valence-corrected chi connectivity index (χ3v) is 3.20. The molecular weight excluding hydrogens is 340 g/mol. The van der Waals surface area contributed by atoms with Gasteiger partial charge >= 0.3 is 12.1 Å². The van der Waals surface area contributed by atoms with E-state index in [1.807, 2.05) is 0 Å². The van der Waals surface area contributed by atoms with Crippen molar-refractivity contribution in [2.24, 2.45) is 0 Å². The highest BCUT2D eigenvalue weighted by Gasteiger charge is 2.29. The number of carbonyl (C=O) groups is 3. The Labute approximate surface area is 152 Å². The van der Waals surface area contributed by atoms with Crippen molar-refractivity contribution in [3.8, 4) is 5.75 Å². The van der Waals surface area contributed by atoms with E-state index in [1.165, 1.54) is 4.90 Å². The maximum atomic E-state index is 12.2. The highest BCUT2D eigenvalue weighted by molar-refractivity contribution is 6.02. The van der Waals surface area contributed by atoms with Crippen molar-refractivity contribution < 1.29 is 28.6 Å². The van der Waals surface area contributed by atoms with Gasteiger partial charge in [0.05, 0.1) is 11.8 Å². The Morgan fingerprint density at radius 1 is 1.31 bits per heavy atom. The minimum Gasteiger partial charge on any atom is -0.482 e. The van der Waals surface area contributed by atoms with E-state index < -0.39 is 17.7 Å². The second kappa shape index (κ2) is 7.63. The lowest BCUT2D eigenvalue weighted by molar-refractivity contribution is -0.146. The van der Waals surface area contributed by atoms with Crippen molar-refractivity contribution in [3.05, 3.63) is 18.2 Å². The maximum Gasteiger partial charge on any atom is 0.412 e. The Balaban J connectivity index is 2.19. The van der Waals surface area contributed by atoms with Crippen LogP contribution < -0.4 is 15.0 Å². The molecule has 8 heteroatoms. The van der Waals surface area contributed by atoms with E-state index in [-0.39, 0.29) is 25.2 Å². The molecule has 1 aromatic carbocycles. The van der Waals surface area contributed by atoms with E-state index in [2.05, 4.69) is 5.32 Å². The van der Waals surface area contributed by atoms with Gasteiger partial charge in [-0.1, -0.05) is 0 Å². The van der Waals surface area contributed by atoms with Gasteiger partial charge < -0.3 is 14.2 Å². The van der Waals surface area contributed by atoms with Crippen LogP contribution in [0.3, 0.4) is 0 Å². The zero-order chi connectivity index (χ0) is 19.5. The van der Waals surface area contributed by atoms with Crippen molar-refractivity contribution in [1.82, 2.24) is 0 Å². The van der Waals surface area contributed by atoms with Crippen LogP contribution in [0.5, 0.6) is 5.75 Å². The highest BCUT2D eigenvalue weighted by atomic mass is 16.6. The maximum absolute atomic E-state index is 12.2. The molecule has 0 bridgehead atoms. The van der Waals surface area contributed by atoms with Gasteiger partial charge in [-0.3, -0.25) is 19.8 Å². The summed E-state index contributed by atoms with van der Waals surface area (Å²) in [4.78, 5) is 37.3. The summed E-state index contributed by atoms with van der Waals surface area (Å²) in [5.41, 5.74) is 0.165. The highest BCUT2D eigenvalue weighted by Crippen LogP contribution is 2.34. The van der Waals surface area contributed by atoms with Gasteiger partial charge in [-0.25, -0.2) is 4.79 Å². The lowest BCUT2D eigenvalue weighted by Crippen LogP contribution is -2.42. The van der Waals surface area contributed by atoms with E-state index in [9.17, 15) is 14.4 Å². The quantitative estimate of drug-likeness (QED) is 0.826. The molecule has 1 aliphatic heterocycles. The predicted molar refractivity (Wildman–Crippen MR) is 95.4 cm³/mol. The number of nitrogens with zero attached hydrogens (tertiary/aromatic N) is 1. The number of rotatable bonds is 4. The van der Waals surface area contributed by atoms with Crippen molar-refractivity contribution in [2.75, 3.05) is 23.4 Å². The third-order valence-electron chi connectivity index (χ3n) is 3.20. The lowest BCUT2D eigenvalue weighted by atomic mass is 10.2. The van der Waals surface area contributed by atoms with Gasteiger partial charge in [0.1, 0.15) is 17.9 Å². The molecule has 0 saturated heterocycles. The first kappa shape index (κ1) is 19.6. The average Bonchev–Trinajstić information content (AvgIpc) is 2.47. The average molecular weight is 364 g/mol. The first-order valence-corrected chi connectivity index (χ1v) is 8.32. The van der Waals surface area contributed by atoms with Gasteiger partial charge in [-0.05, 0) is 52.8 Å². The SMILES string of the molecule is CC(C)OC(=O)CN1C(=O)COc2ccc(NC(=O)OC(C)(C)C)cc21. The summed E-state index contributed by atoms with van der Waals surface area (Å²) in [6.07, 6.45) is -0.899. The number of benzene rings is 1. The van der Waals surface area contributed by atoms with Crippen LogP contribution in [0, 0.1) is 0 Å². The summed E-state index contributed by atoms with van der Waals surface area (Å²) >= 11 is 0. The molecule has 0 radical (unpaired) electrons. The summed E-state index contributed by atoms with van der Waals surface area (Å²) in [6.45, 7) is 8.34. The topological polar surface area (TPSA) is 94.2 Å². The van der Waals surface area contributed by atoms with E-state index in [0.717, 1.165) is 0 Å². The fourth-order valence-corrected chi connectivity index (χ4v) is 2.30. The second-order valence-corrected chi connectivity index (χ2v) is 7.12. The molecule has 1 aromatic rings. The monoisotopic (exact) mass is 364 g/mol. The van der Waals surface area contributed by atoms with Crippen LogP contribution >= 0.6 is 0 Å². The number of ether oxygens (including phenoxy) is 3. The van der Waals surface area contributed by atoms with E-state index in [1.54, 1.807) is 52.8 Å². The molecule has 0 aliphatic carbocycles. The number of esters is 1. The molecule has 1 heterocycles. The summed E-state index contributed by atoms with van der Waals surface area (Å²) in [5.74, 6) is -0.448. The standard InChI is InChI=1S/C18H24N2O6/c1-11(2)25-16(22)9-20-13-8-12(19-17(23)26-18(3,4)5)6-7-14(13)24-10-15(20)21/h6-8,11H,9-10H2,1-5H3,(H,19,23). The zero-order valence-electron chi connectivity index (χ0n) is 15.6. The summed E-state index contributed by atoms with van der Waals surface area (Å²) in [6, 6.07) is 4.80. The molecule has 8 nitrogen and oxygen atoms in total. The molecule has 0 aromatic heterocycles. The van der Waals surface area contributed by atoms with Gasteiger partial charge in [0.25, 0.3) is 5.91 Å². The first-order valence-electron chi connectivity index (χ1n) is 8.32. The van der Waals surface area contributed by atoms with Gasteiger partial charge in [-0.15, -0.1) is 0 Å². The summed E-state index contributed by atoms with van der Waals surface area (Å²) < 4.78 is 15.7. The van der Waals surface area contributed by atoms with Gasteiger partial charge in [0.15, 0.2) is 6.61 Å². The molecular formula is C18H24N2O6. The Hall–Kier alpha value is -2.77. The van der Waals surface area contributed by atoms with Gasteiger partial charge in [0, 0.05) is 5.69 Å². The number of anilines is 2. The van der Waals surface area contributed by atoms with E-state index in [4.69, 9.17) is 14.2 Å². The van der Waals surface area contributed by atoms with Crippen LogP contribution in [0.25, 0.3) is 0 Å². The van der Waals surface area contributed by atoms with Crippen LogP contribution in [0.2, 0.25) is 0 Å². The molecule has 2 rings (SSSR count). The van der Waals surface area contributed by atoms with Crippen molar-refractivity contribution in [3.63, 3.8) is 0 Å². The van der Waals surface area contributed by atoms with Crippen LogP contribution in [0.4, 0.5) is 16.2 Å². The minimum absolute atomic E-state index is 0.166.